The molecule has 2 N–H and O–H groups in total. The molecule has 5 heteroatoms. The third kappa shape index (κ3) is 3.63. The number of rotatable bonds is 4. The summed E-state index contributed by atoms with van der Waals surface area (Å²) < 4.78 is 19.1. The normalized spacial score (nSPS) is 12.2. The van der Waals surface area contributed by atoms with Crippen LogP contribution in [0, 0.1) is 5.82 Å². The Morgan fingerprint density at radius 2 is 1.95 bits per heavy atom. The van der Waals surface area contributed by atoms with Crippen molar-refractivity contribution in [3.05, 3.63) is 57.8 Å². The zero-order valence-electron chi connectivity index (χ0n) is 10.9. The van der Waals surface area contributed by atoms with E-state index in [0.717, 1.165) is 5.56 Å². The molecule has 2 aromatic rings. The fraction of sp³-hybridized carbons (Fsp3) is 0.200. The molecule has 20 heavy (non-hydrogen) atoms. The van der Waals surface area contributed by atoms with Crippen LogP contribution in [0.25, 0.3) is 0 Å². The van der Waals surface area contributed by atoms with E-state index >= 15 is 0 Å². The van der Waals surface area contributed by atoms with E-state index in [-0.39, 0.29) is 11.1 Å². The van der Waals surface area contributed by atoms with E-state index in [0.29, 0.717) is 22.9 Å². The van der Waals surface area contributed by atoms with Gasteiger partial charge in [0, 0.05) is 22.7 Å². The van der Waals surface area contributed by atoms with Gasteiger partial charge in [-0.25, -0.2) is 4.39 Å². The lowest BCUT2D eigenvalue weighted by Crippen LogP contribution is -2.18. The molecule has 0 saturated carbocycles. The molecule has 0 fully saturated rings. The van der Waals surface area contributed by atoms with Gasteiger partial charge in [0.2, 0.25) is 0 Å². The first-order valence-electron chi connectivity index (χ1n) is 6.13. The Morgan fingerprint density at radius 1 is 1.20 bits per heavy atom. The lowest BCUT2D eigenvalue weighted by Gasteiger charge is -2.14. The van der Waals surface area contributed by atoms with Crippen LogP contribution in [-0.2, 0) is 6.42 Å². The molecule has 0 aliphatic rings. The van der Waals surface area contributed by atoms with Crippen LogP contribution in [0.2, 0.25) is 10.0 Å². The molecule has 0 spiro atoms. The van der Waals surface area contributed by atoms with E-state index in [1.165, 1.54) is 12.1 Å². The molecule has 0 amide bonds. The van der Waals surface area contributed by atoms with Crippen molar-refractivity contribution in [3.63, 3.8) is 0 Å². The van der Waals surface area contributed by atoms with Gasteiger partial charge < -0.3 is 10.5 Å². The van der Waals surface area contributed by atoms with Crippen LogP contribution in [0.3, 0.4) is 0 Å². The van der Waals surface area contributed by atoms with Gasteiger partial charge in [0.05, 0.1) is 5.02 Å². The number of benzene rings is 2. The van der Waals surface area contributed by atoms with Crippen LogP contribution in [0.5, 0.6) is 11.5 Å². The van der Waals surface area contributed by atoms with Gasteiger partial charge >= 0.3 is 0 Å². The molecule has 0 radical (unpaired) electrons. The minimum absolute atomic E-state index is 0.0549. The monoisotopic (exact) mass is 313 g/mol. The second-order valence-corrected chi connectivity index (χ2v) is 5.39. The van der Waals surface area contributed by atoms with E-state index in [9.17, 15) is 4.39 Å². The maximum atomic E-state index is 13.4. The Bertz CT molecular complexity index is 617. The van der Waals surface area contributed by atoms with Crippen molar-refractivity contribution in [1.82, 2.24) is 0 Å². The number of ether oxygens (including phenoxy) is 1. The molecule has 0 bridgehead atoms. The van der Waals surface area contributed by atoms with Crippen molar-refractivity contribution in [2.45, 2.75) is 19.4 Å². The van der Waals surface area contributed by atoms with Crippen molar-refractivity contribution < 1.29 is 9.13 Å². The van der Waals surface area contributed by atoms with Gasteiger partial charge in [0.25, 0.3) is 0 Å². The lowest BCUT2D eigenvalue weighted by molar-refractivity contribution is 0.468. The van der Waals surface area contributed by atoms with Crippen molar-refractivity contribution in [1.29, 1.82) is 0 Å². The van der Waals surface area contributed by atoms with E-state index in [4.69, 9.17) is 33.7 Å². The lowest BCUT2D eigenvalue weighted by atomic mass is 10.1. The number of nitrogens with two attached hydrogens (primary N) is 1. The minimum atomic E-state index is -0.528. The summed E-state index contributed by atoms with van der Waals surface area (Å²) in [7, 11) is 0. The fourth-order valence-electron chi connectivity index (χ4n) is 1.82. The molecule has 0 aromatic heterocycles. The maximum Gasteiger partial charge on any atom is 0.145 e. The molecular formula is C15H14Cl2FNO. The summed E-state index contributed by atoms with van der Waals surface area (Å²) in [5.74, 6) is 0.400. The summed E-state index contributed by atoms with van der Waals surface area (Å²) in [5, 5.41) is 0.633. The number of hydrogen-bond acceptors (Lipinski definition) is 2. The van der Waals surface area contributed by atoms with Gasteiger partial charge in [-0.2, -0.15) is 0 Å². The second-order valence-electron chi connectivity index (χ2n) is 4.58. The van der Waals surface area contributed by atoms with Gasteiger partial charge in [0.15, 0.2) is 0 Å². The molecule has 1 atom stereocenters. The summed E-state index contributed by atoms with van der Waals surface area (Å²) in [5.41, 5.74) is 6.61. The number of hydrogen-bond donors (Lipinski definition) is 1. The highest BCUT2D eigenvalue weighted by molar-refractivity contribution is 6.31. The molecule has 2 aromatic carbocycles. The minimum Gasteiger partial charge on any atom is -0.457 e. The molecule has 2 rings (SSSR count). The summed E-state index contributed by atoms with van der Waals surface area (Å²) in [4.78, 5) is 0. The summed E-state index contributed by atoms with van der Waals surface area (Å²) in [6.45, 7) is 1.88. The van der Waals surface area contributed by atoms with Gasteiger partial charge in [-0.3, -0.25) is 0 Å². The van der Waals surface area contributed by atoms with Crippen LogP contribution in [-0.4, -0.2) is 6.04 Å². The summed E-state index contributed by atoms with van der Waals surface area (Å²) >= 11 is 11.8. The van der Waals surface area contributed by atoms with Crippen molar-refractivity contribution in [2.24, 2.45) is 5.73 Å². The van der Waals surface area contributed by atoms with Gasteiger partial charge in [-0.15, -0.1) is 0 Å². The predicted molar refractivity (Wildman–Crippen MR) is 80.3 cm³/mol. The van der Waals surface area contributed by atoms with E-state index < -0.39 is 5.82 Å². The Morgan fingerprint density at radius 3 is 2.60 bits per heavy atom. The molecule has 0 aliphatic heterocycles. The first-order chi connectivity index (χ1) is 9.47. The SMILES string of the molecule is CC(N)Cc1c(Cl)cccc1Oc1ccc(Cl)c(F)c1. The largest absolute Gasteiger partial charge is 0.457 e. The quantitative estimate of drug-likeness (QED) is 0.878. The third-order valence-corrected chi connectivity index (χ3v) is 3.38. The van der Waals surface area contributed by atoms with E-state index in [1.54, 1.807) is 24.3 Å². The highest BCUT2D eigenvalue weighted by Gasteiger charge is 2.12. The summed E-state index contributed by atoms with van der Waals surface area (Å²) in [6.07, 6.45) is 0.574. The maximum absolute atomic E-state index is 13.4. The van der Waals surface area contributed by atoms with Gasteiger partial charge in [0.1, 0.15) is 17.3 Å². The Kier molecular flexibility index (Phi) is 4.86. The average Bonchev–Trinajstić information content (AvgIpc) is 2.38. The van der Waals surface area contributed by atoms with Crippen LogP contribution in [0.1, 0.15) is 12.5 Å². The summed E-state index contributed by atoms with van der Waals surface area (Å²) in [6, 6.07) is 9.54. The molecule has 2 nitrogen and oxygen atoms in total. The van der Waals surface area contributed by atoms with Crippen LogP contribution < -0.4 is 10.5 Å². The average molecular weight is 314 g/mol. The second kappa shape index (κ2) is 6.44. The Balaban J connectivity index is 2.32. The Hall–Kier alpha value is -1.29. The number of halogens is 3. The molecule has 0 saturated heterocycles. The third-order valence-electron chi connectivity index (χ3n) is 2.72. The topological polar surface area (TPSA) is 35.2 Å². The molecule has 0 heterocycles. The molecule has 106 valence electrons. The van der Waals surface area contributed by atoms with Gasteiger partial charge in [-0.1, -0.05) is 29.3 Å². The zero-order valence-corrected chi connectivity index (χ0v) is 12.4. The smallest absolute Gasteiger partial charge is 0.145 e. The van der Waals surface area contributed by atoms with Gasteiger partial charge in [-0.05, 0) is 37.6 Å². The van der Waals surface area contributed by atoms with Crippen LogP contribution >= 0.6 is 23.2 Å². The zero-order chi connectivity index (χ0) is 14.7. The standard InChI is InChI=1S/C15H14Cl2FNO/c1-9(19)7-11-12(16)3-2-4-15(11)20-10-5-6-13(17)14(18)8-10/h2-6,8-9H,7,19H2,1H3. The fourth-order valence-corrected chi connectivity index (χ4v) is 2.18. The molecular weight excluding hydrogens is 300 g/mol. The van der Waals surface area contributed by atoms with Crippen molar-refractivity contribution in [3.8, 4) is 11.5 Å². The van der Waals surface area contributed by atoms with E-state index in [2.05, 4.69) is 0 Å². The molecule has 1 unspecified atom stereocenters. The van der Waals surface area contributed by atoms with E-state index in [1.807, 2.05) is 6.92 Å². The highest BCUT2D eigenvalue weighted by atomic mass is 35.5. The highest BCUT2D eigenvalue weighted by Crippen LogP contribution is 2.32. The van der Waals surface area contributed by atoms with Crippen LogP contribution in [0.4, 0.5) is 4.39 Å². The van der Waals surface area contributed by atoms with Crippen molar-refractivity contribution >= 4 is 23.2 Å². The van der Waals surface area contributed by atoms with Crippen molar-refractivity contribution in [2.75, 3.05) is 0 Å². The van der Waals surface area contributed by atoms with Crippen LogP contribution in [0.15, 0.2) is 36.4 Å². The first-order valence-corrected chi connectivity index (χ1v) is 6.89. The molecule has 0 aliphatic carbocycles. The predicted octanol–water partition coefficient (Wildman–Crippen LogP) is 4.81. The first kappa shape index (κ1) is 15.1. The Labute approximate surface area is 127 Å².